The van der Waals surface area contributed by atoms with Gasteiger partial charge >= 0.3 is 0 Å². The summed E-state index contributed by atoms with van der Waals surface area (Å²) in [6, 6.07) is 6.52. The minimum Gasteiger partial charge on any atom is -0.347 e. The van der Waals surface area contributed by atoms with Gasteiger partial charge in [-0.1, -0.05) is 12.1 Å². The van der Waals surface area contributed by atoms with Crippen molar-refractivity contribution < 1.29 is 0 Å². The number of aromatic nitrogens is 2. The quantitative estimate of drug-likeness (QED) is 0.854. The van der Waals surface area contributed by atoms with Gasteiger partial charge in [0.25, 0.3) is 0 Å². The Morgan fingerprint density at radius 3 is 2.47 bits per heavy atom. The number of imidazole rings is 1. The number of aromatic amines is 1. The number of hydrogen-bond acceptors (Lipinski definition) is 2. The van der Waals surface area contributed by atoms with Crippen LogP contribution in [0.15, 0.2) is 24.5 Å². The zero-order valence-corrected chi connectivity index (χ0v) is 10.3. The molecule has 0 bridgehead atoms. The Labute approximate surface area is 101 Å². The van der Waals surface area contributed by atoms with Crippen molar-refractivity contribution in [3.05, 3.63) is 52.6 Å². The molecule has 0 saturated carbocycles. The number of H-pyrrole nitrogens is 1. The van der Waals surface area contributed by atoms with Crippen LogP contribution in [0.5, 0.6) is 0 Å². The molecular formula is C14H15N3. The number of nitrogens with zero attached hydrogens (tertiary/aromatic N) is 2. The van der Waals surface area contributed by atoms with Gasteiger partial charge in [0.15, 0.2) is 0 Å². The van der Waals surface area contributed by atoms with Gasteiger partial charge in [-0.05, 0) is 43.0 Å². The minimum atomic E-state index is -0.315. The second kappa shape index (κ2) is 4.42. The van der Waals surface area contributed by atoms with Crippen LogP contribution in [0.25, 0.3) is 0 Å². The van der Waals surface area contributed by atoms with Gasteiger partial charge in [-0.3, -0.25) is 0 Å². The maximum absolute atomic E-state index is 9.33. The van der Waals surface area contributed by atoms with Crippen molar-refractivity contribution in [2.75, 3.05) is 0 Å². The summed E-state index contributed by atoms with van der Waals surface area (Å²) in [6.07, 6.45) is 3.42. The minimum absolute atomic E-state index is 0.315. The Hall–Kier alpha value is -2.08. The third kappa shape index (κ3) is 2.07. The Bertz CT molecular complexity index is 562. The highest BCUT2D eigenvalue weighted by Gasteiger charge is 2.18. The summed E-state index contributed by atoms with van der Waals surface area (Å²) in [7, 11) is 0. The second-order valence-corrected chi connectivity index (χ2v) is 4.33. The standard InChI is InChI=1S/C14H15N3/c1-9-6-11(3)12(7-10(9)2)13(8-15)14-16-4-5-17-14/h4-7,13H,1-3H3,(H,16,17). The molecule has 2 rings (SSSR count). The summed E-state index contributed by atoms with van der Waals surface area (Å²) in [4.78, 5) is 7.19. The smallest absolute Gasteiger partial charge is 0.129 e. The SMILES string of the molecule is Cc1cc(C)c(C(C#N)c2ncc[nH]2)cc1C. The maximum Gasteiger partial charge on any atom is 0.129 e. The van der Waals surface area contributed by atoms with E-state index in [9.17, 15) is 5.26 Å². The summed E-state index contributed by atoms with van der Waals surface area (Å²) in [5.41, 5.74) is 4.63. The molecule has 1 aromatic carbocycles. The molecule has 2 aromatic rings. The van der Waals surface area contributed by atoms with Crippen LogP contribution in [0.2, 0.25) is 0 Å². The molecule has 17 heavy (non-hydrogen) atoms. The van der Waals surface area contributed by atoms with Gasteiger partial charge in [0.2, 0.25) is 0 Å². The van der Waals surface area contributed by atoms with Crippen LogP contribution in [0.1, 0.15) is 34.0 Å². The van der Waals surface area contributed by atoms with E-state index in [0.29, 0.717) is 5.82 Å². The largest absolute Gasteiger partial charge is 0.347 e. The lowest BCUT2D eigenvalue weighted by molar-refractivity contribution is 0.914. The third-order valence-electron chi connectivity index (χ3n) is 3.12. The van der Waals surface area contributed by atoms with Crippen LogP contribution in [0, 0.1) is 32.1 Å². The maximum atomic E-state index is 9.33. The predicted octanol–water partition coefficient (Wildman–Crippen LogP) is 2.99. The summed E-state index contributed by atoms with van der Waals surface area (Å²) in [6.45, 7) is 6.18. The summed E-state index contributed by atoms with van der Waals surface area (Å²) in [5.74, 6) is 0.392. The van der Waals surface area contributed by atoms with Crippen LogP contribution in [-0.2, 0) is 0 Å². The predicted molar refractivity (Wildman–Crippen MR) is 66.7 cm³/mol. The molecule has 1 unspecified atom stereocenters. The van der Waals surface area contributed by atoms with Gasteiger partial charge in [-0.15, -0.1) is 0 Å². The molecule has 0 radical (unpaired) electrons. The fourth-order valence-electron chi connectivity index (χ4n) is 2.01. The van der Waals surface area contributed by atoms with E-state index in [0.717, 1.165) is 11.1 Å². The highest BCUT2D eigenvalue weighted by atomic mass is 14.9. The molecule has 86 valence electrons. The highest BCUT2D eigenvalue weighted by Crippen LogP contribution is 2.26. The Morgan fingerprint density at radius 1 is 1.18 bits per heavy atom. The molecule has 3 nitrogen and oxygen atoms in total. The van der Waals surface area contributed by atoms with Crippen molar-refractivity contribution in [2.45, 2.75) is 26.7 Å². The number of hydrogen-bond donors (Lipinski definition) is 1. The number of rotatable bonds is 2. The van der Waals surface area contributed by atoms with E-state index in [1.54, 1.807) is 12.4 Å². The summed E-state index contributed by atoms with van der Waals surface area (Å²) < 4.78 is 0. The van der Waals surface area contributed by atoms with E-state index < -0.39 is 0 Å². The number of nitriles is 1. The fraction of sp³-hybridized carbons (Fsp3) is 0.286. The van der Waals surface area contributed by atoms with Crippen molar-refractivity contribution in [1.29, 1.82) is 5.26 Å². The summed E-state index contributed by atoms with van der Waals surface area (Å²) in [5, 5.41) is 9.33. The van der Waals surface area contributed by atoms with E-state index in [2.05, 4.69) is 42.0 Å². The molecule has 0 spiro atoms. The van der Waals surface area contributed by atoms with Crippen LogP contribution in [-0.4, -0.2) is 9.97 Å². The number of aryl methyl sites for hydroxylation is 3. The van der Waals surface area contributed by atoms with Crippen LogP contribution < -0.4 is 0 Å². The molecule has 0 fully saturated rings. The molecule has 0 saturated heterocycles. The lowest BCUT2D eigenvalue weighted by Gasteiger charge is -2.13. The fourth-order valence-corrected chi connectivity index (χ4v) is 2.01. The van der Waals surface area contributed by atoms with Crippen molar-refractivity contribution >= 4 is 0 Å². The number of nitrogens with one attached hydrogen (secondary N) is 1. The molecule has 1 N–H and O–H groups in total. The van der Waals surface area contributed by atoms with E-state index in [-0.39, 0.29) is 5.92 Å². The topological polar surface area (TPSA) is 52.5 Å². The zero-order valence-electron chi connectivity index (χ0n) is 10.3. The first kappa shape index (κ1) is 11.4. The van der Waals surface area contributed by atoms with Crippen LogP contribution >= 0.6 is 0 Å². The van der Waals surface area contributed by atoms with E-state index >= 15 is 0 Å². The first-order valence-electron chi connectivity index (χ1n) is 5.60. The van der Waals surface area contributed by atoms with Crippen molar-refractivity contribution in [3.8, 4) is 6.07 Å². The summed E-state index contributed by atoms with van der Waals surface area (Å²) >= 11 is 0. The van der Waals surface area contributed by atoms with Gasteiger partial charge in [0.1, 0.15) is 11.7 Å². The third-order valence-corrected chi connectivity index (χ3v) is 3.12. The first-order chi connectivity index (χ1) is 8.13. The Kier molecular flexibility index (Phi) is 2.97. The van der Waals surface area contributed by atoms with Gasteiger partial charge in [0, 0.05) is 12.4 Å². The van der Waals surface area contributed by atoms with E-state index in [4.69, 9.17) is 0 Å². The monoisotopic (exact) mass is 225 g/mol. The molecule has 0 aliphatic heterocycles. The lowest BCUT2D eigenvalue weighted by atomic mass is 9.91. The first-order valence-corrected chi connectivity index (χ1v) is 5.60. The van der Waals surface area contributed by atoms with E-state index in [1.807, 2.05) is 6.92 Å². The average molecular weight is 225 g/mol. The Balaban J connectivity index is 2.53. The van der Waals surface area contributed by atoms with Gasteiger partial charge < -0.3 is 4.98 Å². The van der Waals surface area contributed by atoms with Gasteiger partial charge in [-0.25, -0.2) is 4.98 Å². The number of benzene rings is 1. The van der Waals surface area contributed by atoms with Gasteiger partial charge in [0.05, 0.1) is 6.07 Å². The van der Waals surface area contributed by atoms with Crippen molar-refractivity contribution in [1.82, 2.24) is 9.97 Å². The Morgan fingerprint density at radius 2 is 1.88 bits per heavy atom. The molecule has 1 aromatic heterocycles. The van der Waals surface area contributed by atoms with Crippen LogP contribution in [0.4, 0.5) is 0 Å². The molecule has 3 heteroatoms. The zero-order chi connectivity index (χ0) is 12.4. The molecular weight excluding hydrogens is 210 g/mol. The molecule has 0 aliphatic carbocycles. The van der Waals surface area contributed by atoms with Crippen LogP contribution in [0.3, 0.4) is 0 Å². The lowest BCUT2D eigenvalue weighted by Crippen LogP contribution is -2.04. The van der Waals surface area contributed by atoms with E-state index in [1.165, 1.54) is 11.1 Å². The second-order valence-electron chi connectivity index (χ2n) is 4.33. The van der Waals surface area contributed by atoms with Gasteiger partial charge in [-0.2, -0.15) is 5.26 Å². The van der Waals surface area contributed by atoms with Crippen molar-refractivity contribution in [2.24, 2.45) is 0 Å². The normalized spacial score (nSPS) is 12.1. The van der Waals surface area contributed by atoms with Crippen molar-refractivity contribution in [3.63, 3.8) is 0 Å². The average Bonchev–Trinajstić information content (AvgIpc) is 2.80. The molecule has 0 aliphatic rings. The molecule has 0 amide bonds. The molecule has 1 heterocycles. The highest BCUT2D eigenvalue weighted by molar-refractivity contribution is 5.43. The molecule has 1 atom stereocenters.